The van der Waals surface area contributed by atoms with Crippen LogP contribution >= 0.6 is 0 Å². The molecule has 0 radical (unpaired) electrons. The topological polar surface area (TPSA) is 54.0 Å². The lowest BCUT2D eigenvalue weighted by molar-refractivity contribution is 0.0943. The first kappa shape index (κ1) is 14.8. The molecule has 1 amide bonds. The number of nitrogens with zero attached hydrogens (tertiary/aromatic N) is 1. The van der Waals surface area contributed by atoms with Gasteiger partial charge in [0.2, 0.25) is 0 Å². The number of rotatable bonds is 8. The van der Waals surface area contributed by atoms with E-state index in [1.165, 1.54) is 25.7 Å². The highest BCUT2D eigenvalue weighted by atomic mass is 16.1. The minimum Gasteiger partial charge on any atom is -0.370 e. The van der Waals surface area contributed by atoms with Gasteiger partial charge in [-0.1, -0.05) is 20.3 Å². The zero-order chi connectivity index (χ0) is 14.4. The lowest BCUT2D eigenvalue weighted by Gasteiger charge is -2.14. The molecule has 4 nitrogen and oxygen atoms in total. The van der Waals surface area contributed by atoms with Gasteiger partial charge in [-0.05, 0) is 43.2 Å². The van der Waals surface area contributed by atoms with E-state index in [1.807, 2.05) is 12.1 Å². The van der Waals surface area contributed by atoms with Crippen molar-refractivity contribution in [3.63, 3.8) is 0 Å². The van der Waals surface area contributed by atoms with Crippen LogP contribution in [0.15, 0.2) is 18.3 Å². The normalized spacial score (nSPS) is 15.7. The summed E-state index contributed by atoms with van der Waals surface area (Å²) in [5.74, 6) is 0.815. The first-order chi connectivity index (χ1) is 9.69. The fourth-order valence-corrected chi connectivity index (χ4v) is 2.48. The van der Waals surface area contributed by atoms with Crippen LogP contribution in [-0.2, 0) is 0 Å². The first-order valence-electron chi connectivity index (χ1n) is 7.67. The highest BCUT2D eigenvalue weighted by Crippen LogP contribution is 2.48. The summed E-state index contributed by atoms with van der Waals surface area (Å²) >= 11 is 0. The van der Waals surface area contributed by atoms with Gasteiger partial charge in [0.25, 0.3) is 5.91 Å². The predicted octanol–water partition coefficient (Wildman–Crippen LogP) is 3.21. The second-order valence-electron chi connectivity index (χ2n) is 5.79. The van der Waals surface area contributed by atoms with Gasteiger partial charge in [-0.15, -0.1) is 0 Å². The molecular formula is C16H25N3O. The zero-order valence-electron chi connectivity index (χ0n) is 12.5. The molecule has 0 unspecified atom stereocenters. The third-order valence-electron chi connectivity index (χ3n) is 3.94. The van der Waals surface area contributed by atoms with E-state index in [2.05, 4.69) is 29.5 Å². The van der Waals surface area contributed by atoms with Crippen LogP contribution in [0.25, 0.3) is 0 Å². The van der Waals surface area contributed by atoms with Gasteiger partial charge < -0.3 is 10.6 Å². The number of carbonyl (C=O) groups is 1. The van der Waals surface area contributed by atoms with Crippen LogP contribution in [0.1, 0.15) is 56.3 Å². The summed E-state index contributed by atoms with van der Waals surface area (Å²) in [6.07, 6.45) is 7.61. The summed E-state index contributed by atoms with van der Waals surface area (Å²) in [4.78, 5) is 16.3. The van der Waals surface area contributed by atoms with Crippen molar-refractivity contribution < 1.29 is 4.79 Å². The molecule has 1 saturated carbocycles. The van der Waals surface area contributed by atoms with Crippen molar-refractivity contribution in [3.05, 3.63) is 23.9 Å². The van der Waals surface area contributed by atoms with Gasteiger partial charge in [-0.25, -0.2) is 4.98 Å². The molecule has 2 rings (SSSR count). The van der Waals surface area contributed by atoms with Crippen molar-refractivity contribution >= 4 is 11.7 Å². The number of hydrogen-bond donors (Lipinski definition) is 2. The molecule has 110 valence electrons. The summed E-state index contributed by atoms with van der Waals surface area (Å²) in [7, 11) is 0. The van der Waals surface area contributed by atoms with Gasteiger partial charge in [0.1, 0.15) is 5.82 Å². The van der Waals surface area contributed by atoms with E-state index < -0.39 is 0 Å². The van der Waals surface area contributed by atoms with Gasteiger partial charge >= 0.3 is 0 Å². The van der Waals surface area contributed by atoms with Crippen molar-refractivity contribution in [3.8, 4) is 0 Å². The maximum Gasteiger partial charge on any atom is 0.252 e. The lowest BCUT2D eigenvalue weighted by atomic mass is 10.0. The van der Waals surface area contributed by atoms with Crippen molar-refractivity contribution in [2.45, 2.75) is 46.0 Å². The van der Waals surface area contributed by atoms with E-state index in [0.717, 1.165) is 25.3 Å². The molecule has 1 aromatic rings. The van der Waals surface area contributed by atoms with Gasteiger partial charge in [-0.2, -0.15) is 0 Å². The third kappa shape index (κ3) is 3.95. The Morgan fingerprint density at radius 3 is 2.65 bits per heavy atom. The molecule has 0 aliphatic heterocycles. The smallest absolute Gasteiger partial charge is 0.252 e. The van der Waals surface area contributed by atoms with Gasteiger partial charge in [0.15, 0.2) is 0 Å². The Kier molecular flexibility index (Phi) is 4.99. The number of anilines is 1. The molecule has 2 N–H and O–H groups in total. The second-order valence-corrected chi connectivity index (χ2v) is 5.79. The van der Waals surface area contributed by atoms with Crippen LogP contribution in [0.5, 0.6) is 0 Å². The molecule has 0 aromatic carbocycles. The number of carbonyl (C=O) groups excluding carboxylic acids is 1. The SMILES string of the molecule is CCCNc1ccc(C(=O)NCC2(CCC)CC2)cn1. The summed E-state index contributed by atoms with van der Waals surface area (Å²) < 4.78 is 0. The molecule has 0 bridgehead atoms. The Balaban J connectivity index is 1.83. The molecule has 0 saturated heterocycles. The fourth-order valence-electron chi connectivity index (χ4n) is 2.48. The van der Waals surface area contributed by atoms with Crippen molar-refractivity contribution in [2.24, 2.45) is 5.41 Å². The van der Waals surface area contributed by atoms with Crippen molar-refractivity contribution in [2.75, 3.05) is 18.4 Å². The highest BCUT2D eigenvalue weighted by molar-refractivity contribution is 5.94. The molecule has 1 aliphatic rings. The standard InChI is InChI=1S/C16H25N3O/c1-3-7-16(8-9-16)12-19-15(20)13-5-6-14(18-11-13)17-10-4-2/h5-6,11H,3-4,7-10,12H2,1-2H3,(H,17,18)(H,19,20). The summed E-state index contributed by atoms with van der Waals surface area (Å²) in [6.45, 7) is 6.01. The minimum absolute atomic E-state index is 0.0121. The fraction of sp³-hybridized carbons (Fsp3) is 0.625. The van der Waals surface area contributed by atoms with E-state index in [9.17, 15) is 4.79 Å². The molecule has 1 aromatic heterocycles. The largest absolute Gasteiger partial charge is 0.370 e. The average molecular weight is 275 g/mol. The Labute approximate surface area is 121 Å². The summed E-state index contributed by atoms with van der Waals surface area (Å²) in [5.41, 5.74) is 1.03. The summed E-state index contributed by atoms with van der Waals surface area (Å²) in [6, 6.07) is 3.70. The number of pyridine rings is 1. The quantitative estimate of drug-likeness (QED) is 0.766. The molecule has 20 heavy (non-hydrogen) atoms. The Hall–Kier alpha value is -1.58. The first-order valence-corrected chi connectivity index (χ1v) is 7.67. The Bertz CT molecular complexity index is 438. The highest BCUT2D eigenvalue weighted by Gasteiger charge is 2.41. The van der Waals surface area contributed by atoms with E-state index in [0.29, 0.717) is 11.0 Å². The van der Waals surface area contributed by atoms with Crippen molar-refractivity contribution in [1.82, 2.24) is 10.3 Å². The maximum absolute atomic E-state index is 12.1. The van der Waals surface area contributed by atoms with Crippen molar-refractivity contribution in [1.29, 1.82) is 0 Å². The van der Waals surface area contributed by atoms with Crippen LogP contribution in [0.3, 0.4) is 0 Å². The van der Waals surface area contributed by atoms with E-state index in [-0.39, 0.29) is 5.91 Å². The number of amides is 1. The number of nitrogens with one attached hydrogen (secondary N) is 2. The molecule has 0 atom stereocenters. The number of hydrogen-bond acceptors (Lipinski definition) is 3. The molecule has 0 spiro atoms. The predicted molar refractivity (Wildman–Crippen MR) is 81.9 cm³/mol. The molecular weight excluding hydrogens is 250 g/mol. The third-order valence-corrected chi connectivity index (χ3v) is 3.94. The summed E-state index contributed by atoms with van der Waals surface area (Å²) in [5, 5.41) is 6.25. The lowest BCUT2D eigenvalue weighted by Crippen LogP contribution is -2.30. The average Bonchev–Trinajstić information content (AvgIpc) is 3.24. The molecule has 1 aliphatic carbocycles. The number of aromatic nitrogens is 1. The molecule has 4 heteroatoms. The monoisotopic (exact) mass is 275 g/mol. The molecule has 1 heterocycles. The van der Waals surface area contributed by atoms with E-state index in [4.69, 9.17) is 0 Å². The maximum atomic E-state index is 12.1. The molecule has 1 fully saturated rings. The second kappa shape index (κ2) is 6.73. The van der Waals surface area contributed by atoms with Crippen LogP contribution in [0, 0.1) is 5.41 Å². The van der Waals surface area contributed by atoms with Crippen LogP contribution in [0.2, 0.25) is 0 Å². The Morgan fingerprint density at radius 1 is 1.30 bits per heavy atom. The van der Waals surface area contributed by atoms with Crippen LogP contribution < -0.4 is 10.6 Å². The van der Waals surface area contributed by atoms with E-state index >= 15 is 0 Å². The van der Waals surface area contributed by atoms with Gasteiger partial charge in [0.05, 0.1) is 5.56 Å². The van der Waals surface area contributed by atoms with Gasteiger partial charge in [0, 0.05) is 19.3 Å². The van der Waals surface area contributed by atoms with Crippen LogP contribution in [-0.4, -0.2) is 24.0 Å². The van der Waals surface area contributed by atoms with E-state index in [1.54, 1.807) is 6.20 Å². The zero-order valence-corrected chi connectivity index (χ0v) is 12.5. The minimum atomic E-state index is -0.0121. The Morgan fingerprint density at radius 2 is 2.10 bits per heavy atom. The van der Waals surface area contributed by atoms with Gasteiger partial charge in [-0.3, -0.25) is 4.79 Å². The van der Waals surface area contributed by atoms with Crippen LogP contribution in [0.4, 0.5) is 5.82 Å².